The lowest BCUT2D eigenvalue weighted by Gasteiger charge is -2.29. The highest BCUT2D eigenvalue weighted by atomic mass is 16.2. The van der Waals surface area contributed by atoms with Gasteiger partial charge >= 0.3 is 0 Å². The van der Waals surface area contributed by atoms with E-state index in [2.05, 4.69) is 15.5 Å². The molecule has 1 aliphatic rings. The minimum Gasteiger partial charge on any atom is -0.367 e. The standard InChI is InChI=1S/C7H12N6O/c1-12-4-5(2-3-6(12)14)13-7(8)9-10-11-13/h5H,2-4H2,1H3,(H2,8,9,11). The van der Waals surface area contributed by atoms with Gasteiger partial charge in [0, 0.05) is 20.0 Å². The first-order valence-corrected chi connectivity index (χ1v) is 4.46. The zero-order chi connectivity index (χ0) is 10.1. The minimum atomic E-state index is 0.104. The van der Waals surface area contributed by atoms with Crippen LogP contribution in [0.1, 0.15) is 18.9 Å². The zero-order valence-electron chi connectivity index (χ0n) is 7.92. The number of hydrogen-bond acceptors (Lipinski definition) is 5. The predicted octanol–water partition coefficient (Wildman–Crippen LogP) is -0.951. The van der Waals surface area contributed by atoms with Crippen molar-refractivity contribution in [2.45, 2.75) is 18.9 Å². The van der Waals surface area contributed by atoms with E-state index in [1.807, 2.05) is 0 Å². The number of aromatic nitrogens is 4. The number of nitrogen functional groups attached to an aromatic ring is 1. The molecule has 0 bridgehead atoms. The van der Waals surface area contributed by atoms with Gasteiger partial charge in [-0.05, 0) is 16.8 Å². The molecule has 1 saturated heterocycles. The molecule has 2 heterocycles. The van der Waals surface area contributed by atoms with E-state index in [4.69, 9.17) is 5.73 Å². The summed E-state index contributed by atoms with van der Waals surface area (Å²) in [5, 5.41) is 10.9. The first-order valence-electron chi connectivity index (χ1n) is 4.46. The van der Waals surface area contributed by atoms with Crippen molar-refractivity contribution in [3.63, 3.8) is 0 Å². The normalized spacial score (nSPS) is 22.8. The first-order chi connectivity index (χ1) is 6.68. The number of likely N-dealkylation sites (tertiary alicyclic amines) is 1. The quantitative estimate of drug-likeness (QED) is 0.625. The molecule has 2 N–H and O–H groups in total. The van der Waals surface area contributed by atoms with E-state index in [0.717, 1.165) is 6.42 Å². The summed E-state index contributed by atoms with van der Waals surface area (Å²) in [7, 11) is 1.77. The summed E-state index contributed by atoms with van der Waals surface area (Å²) in [5.74, 6) is 0.464. The summed E-state index contributed by atoms with van der Waals surface area (Å²) in [6.45, 7) is 0.619. The third-order valence-electron chi connectivity index (χ3n) is 2.47. The molecule has 0 aromatic carbocycles. The van der Waals surface area contributed by atoms with Gasteiger partial charge in [-0.15, -0.1) is 0 Å². The van der Waals surface area contributed by atoms with Crippen LogP contribution in [0.3, 0.4) is 0 Å². The minimum absolute atomic E-state index is 0.104. The highest BCUT2D eigenvalue weighted by Gasteiger charge is 2.26. The maximum Gasteiger partial charge on any atom is 0.240 e. The Morgan fingerprint density at radius 1 is 1.57 bits per heavy atom. The number of tetrazole rings is 1. The van der Waals surface area contributed by atoms with Crippen LogP contribution in [0.2, 0.25) is 0 Å². The van der Waals surface area contributed by atoms with Crippen LogP contribution >= 0.6 is 0 Å². The number of amides is 1. The fraction of sp³-hybridized carbons (Fsp3) is 0.714. The Labute approximate surface area is 80.9 Å². The molecule has 7 nitrogen and oxygen atoms in total. The van der Waals surface area contributed by atoms with Gasteiger partial charge in [-0.1, -0.05) is 5.10 Å². The van der Waals surface area contributed by atoms with Crippen molar-refractivity contribution in [2.75, 3.05) is 19.3 Å². The number of hydrogen-bond donors (Lipinski definition) is 1. The monoisotopic (exact) mass is 196 g/mol. The predicted molar refractivity (Wildman–Crippen MR) is 48.1 cm³/mol. The average Bonchev–Trinajstić information content (AvgIpc) is 2.57. The molecule has 0 spiro atoms. The molecule has 1 aliphatic heterocycles. The lowest BCUT2D eigenvalue weighted by atomic mass is 10.1. The molecule has 0 radical (unpaired) electrons. The lowest BCUT2D eigenvalue weighted by molar-refractivity contribution is -0.133. The average molecular weight is 196 g/mol. The molecule has 1 unspecified atom stereocenters. The van der Waals surface area contributed by atoms with Crippen LogP contribution < -0.4 is 5.73 Å². The summed E-state index contributed by atoms with van der Waals surface area (Å²) < 4.78 is 1.57. The fourth-order valence-electron chi connectivity index (χ4n) is 1.65. The highest BCUT2D eigenvalue weighted by molar-refractivity contribution is 5.76. The summed E-state index contributed by atoms with van der Waals surface area (Å²) >= 11 is 0. The van der Waals surface area contributed by atoms with E-state index in [1.54, 1.807) is 16.6 Å². The van der Waals surface area contributed by atoms with Gasteiger partial charge in [0.2, 0.25) is 11.9 Å². The second-order valence-corrected chi connectivity index (χ2v) is 3.45. The van der Waals surface area contributed by atoms with E-state index >= 15 is 0 Å². The lowest BCUT2D eigenvalue weighted by Crippen LogP contribution is -2.38. The molecule has 1 aromatic heterocycles. The summed E-state index contributed by atoms with van der Waals surface area (Å²) in [6, 6.07) is 0.104. The molecule has 0 aliphatic carbocycles. The van der Waals surface area contributed by atoms with Crippen LogP contribution in [0.5, 0.6) is 0 Å². The molecule has 2 rings (SSSR count). The van der Waals surface area contributed by atoms with Crippen molar-refractivity contribution in [1.29, 1.82) is 0 Å². The highest BCUT2D eigenvalue weighted by Crippen LogP contribution is 2.21. The van der Waals surface area contributed by atoms with Crippen LogP contribution in [0.25, 0.3) is 0 Å². The number of carbonyl (C=O) groups is 1. The van der Waals surface area contributed by atoms with Gasteiger partial charge in [-0.3, -0.25) is 4.79 Å². The summed E-state index contributed by atoms with van der Waals surface area (Å²) in [4.78, 5) is 12.9. The zero-order valence-corrected chi connectivity index (χ0v) is 7.92. The largest absolute Gasteiger partial charge is 0.367 e. The Balaban J connectivity index is 2.14. The van der Waals surface area contributed by atoms with E-state index in [0.29, 0.717) is 18.9 Å². The van der Waals surface area contributed by atoms with Gasteiger partial charge in [-0.25, -0.2) is 4.68 Å². The van der Waals surface area contributed by atoms with E-state index in [-0.39, 0.29) is 11.9 Å². The number of nitrogens with two attached hydrogens (primary N) is 1. The van der Waals surface area contributed by atoms with Gasteiger partial charge in [-0.2, -0.15) is 0 Å². The SMILES string of the molecule is CN1CC(n2nnnc2N)CCC1=O. The molecule has 1 fully saturated rings. The van der Waals surface area contributed by atoms with Gasteiger partial charge in [0.15, 0.2) is 0 Å². The molecule has 14 heavy (non-hydrogen) atoms. The van der Waals surface area contributed by atoms with E-state index in [1.165, 1.54) is 0 Å². The van der Waals surface area contributed by atoms with Crippen LogP contribution in [0.4, 0.5) is 5.95 Å². The number of nitrogens with zero attached hydrogens (tertiary/aromatic N) is 5. The summed E-state index contributed by atoms with van der Waals surface area (Å²) in [6.07, 6.45) is 1.28. The molecule has 7 heteroatoms. The van der Waals surface area contributed by atoms with Crippen LogP contribution in [0.15, 0.2) is 0 Å². The van der Waals surface area contributed by atoms with Crippen LogP contribution in [-0.4, -0.2) is 44.6 Å². The molecule has 1 aromatic rings. The molecule has 0 saturated carbocycles. The van der Waals surface area contributed by atoms with Gasteiger partial charge in [0.05, 0.1) is 6.04 Å². The van der Waals surface area contributed by atoms with E-state index < -0.39 is 0 Å². The topological polar surface area (TPSA) is 89.9 Å². The van der Waals surface area contributed by atoms with Gasteiger partial charge in [0.25, 0.3) is 0 Å². The Hall–Kier alpha value is -1.66. The third-order valence-corrected chi connectivity index (χ3v) is 2.47. The number of piperidine rings is 1. The molecule has 1 atom stereocenters. The van der Waals surface area contributed by atoms with Gasteiger partial charge < -0.3 is 10.6 Å². The molecular weight excluding hydrogens is 184 g/mol. The number of rotatable bonds is 1. The van der Waals surface area contributed by atoms with Crippen molar-refractivity contribution < 1.29 is 4.79 Å². The third kappa shape index (κ3) is 1.40. The first kappa shape index (κ1) is 8.92. The number of likely N-dealkylation sites (N-methyl/N-ethyl adjacent to an activating group) is 1. The summed E-state index contributed by atoms with van der Waals surface area (Å²) in [5.41, 5.74) is 5.57. The smallest absolute Gasteiger partial charge is 0.240 e. The number of carbonyl (C=O) groups excluding carboxylic acids is 1. The molecule has 76 valence electrons. The van der Waals surface area contributed by atoms with Crippen molar-refractivity contribution in [3.05, 3.63) is 0 Å². The molecular formula is C7H12N6O. The van der Waals surface area contributed by atoms with E-state index in [9.17, 15) is 4.79 Å². The Kier molecular flexibility index (Phi) is 2.06. The Bertz CT molecular complexity index is 348. The maximum absolute atomic E-state index is 11.2. The van der Waals surface area contributed by atoms with Crippen molar-refractivity contribution in [2.24, 2.45) is 0 Å². The van der Waals surface area contributed by atoms with Crippen molar-refractivity contribution >= 4 is 11.9 Å². The molecule has 1 amide bonds. The Morgan fingerprint density at radius 3 is 2.93 bits per heavy atom. The van der Waals surface area contributed by atoms with Gasteiger partial charge in [0.1, 0.15) is 0 Å². The van der Waals surface area contributed by atoms with Crippen molar-refractivity contribution in [1.82, 2.24) is 25.1 Å². The second-order valence-electron chi connectivity index (χ2n) is 3.45. The Morgan fingerprint density at radius 2 is 2.36 bits per heavy atom. The van der Waals surface area contributed by atoms with Crippen molar-refractivity contribution in [3.8, 4) is 0 Å². The maximum atomic E-state index is 11.2. The second kappa shape index (κ2) is 3.24. The van der Waals surface area contributed by atoms with Crippen LogP contribution in [-0.2, 0) is 4.79 Å². The van der Waals surface area contributed by atoms with Crippen LogP contribution in [0, 0.1) is 0 Å². The number of anilines is 1. The fourth-order valence-corrected chi connectivity index (χ4v) is 1.65.